The highest BCUT2D eigenvalue weighted by atomic mass is 16.6. The molecule has 1 unspecified atom stereocenters. The number of carbonyl (C=O) groups is 3. The lowest BCUT2D eigenvalue weighted by Crippen LogP contribution is -2.43. The van der Waals surface area contributed by atoms with Crippen LogP contribution in [0.5, 0.6) is 0 Å². The summed E-state index contributed by atoms with van der Waals surface area (Å²) in [5.74, 6) is -1.16. The summed E-state index contributed by atoms with van der Waals surface area (Å²) in [7, 11) is 0. The minimum absolute atomic E-state index is 0.0495. The number of rotatable bonds is 10. The van der Waals surface area contributed by atoms with Crippen LogP contribution in [0, 0.1) is 0 Å². The van der Waals surface area contributed by atoms with Crippen LogP contribution >= 0.6 is 0 Å². The van der Waals surface area contributed by atoms with E-state index in [-0.39, 0.29) is 12.3 Å². The smallest absolute Gasteiger partial charge is 0.408 e. The van der Waals surface area contributed by atoms with Crippen molar-refractivity contribution in [1.82, 2.24) is 10.6 Å². The van der Waals surface area contributed by atoms with Gasteiger partial charge in [0, 0.05) is 13.0 Å². The van der Waals surface area contributed by atoms with E-state index in [2.05, 4.69) is 17.2 Å². The summed E-state index contributed by atoms with van der Waals surface area (Å²) in [5, 5.41) is 14.2. The fourth-order valence-electron chi connectivity index (χ4n) is 1.73. The van der Waals surface area contributed by atoms with E-state index in [1.807, 2.05) is 0 Å². The zero-order chi connectivity index (χ0) is 17.9. The highest BCUT2D eigenvalue weighted by Crippen LogP contribution is 2.08. The number of carboxylic acid groups (broad SMARTS) is 1. The largest absolute Gasteiger partial charge is 0.480 e. The van der Waals surface area contributed by atoms with Crippen LogP contribution in [0.25, 0.3) is 0 Å². The quantitative estimate of drug-likeness (QED) is 0.421. The van der Waals surface area contributed by atoms with Gasteiger partial charge in [0.2, 0.25) is 5.91 Å². The Balaban J connectivity index is 4.02. The zero-order valence-electron chi connectivity index (χ0n) is 14.2. The van der Waals surface area contributed by atoms with Crippen molar-refractivity contribution in [1.29, 1.82) is 0 Å². The maximum Gasteiger partial charge on any atom is 0.408 e. The van der Waals surface area contributed by atoms with E-state index < -0.39 is 23.7 Å². The van der Waals surface area contributed by atoms with Crippen molar-refractivity contribution in [2.45, 2.75) is 64.5 Å². The Morgan fingerprint density at radius 3 is 2.43 bits per heavy atom. The molecule has 0 aromatic carbocycles. The summed E-state index contributed by atoms with van der Waals surface area (Å²) in [6.07, 6.45) is 3.45. The minimum atomic E-state index is -1.11. The van der Waals surface area contributed by atoms with E-state index in [0.29, 0.717) is 32.2 Å². The fraction of sp³-hybridized carbons (Fsp3) is 0.688. The van der Waals surface area contributed by atoms with Gasteiger partial charge in [0.05, 0.1) is 0 Å². The van der Waals surface area contributed by atoms with Crippen LogP contribution in [0.15, 0.2) is 12.7 Å². The van der Waals surface area contributed by atoms with Crippen LogP contribution in [0.4, 0.5) is 4.79 Å². The first-order chi connectivity index (χ1) is 10.7. The number of nitrogens with one attached hydrogen (secondary N) is 2. The predicted molar refractivity (Wildman–Crippen MR) is 87.1 cm³/mol. The Hall–Kier alpha value is -2.05. The Morgan fingerprint density at radius 1 is 1.26 bits per heavy atom. The number of hydrogen-bond acceptors (Lipinski definition) is 4. The first-order valence-electron chi connectivity index (χ1n) is 7.75. The molecule has 7 heteroatoms. The lowest BCUT2D eigenvalue weighted by molar-refractivity contribution is -0.139. The highest BCUT2D eigenvalue weighted by Gasteiger charge is 2.23. The number of allylic oxidation sites excluding steroid dienone is 1. The summed E-state index contributed by atoms with van der Waals surface area (Å²) in [6.45, 7) is 9.14. The molecule has 0 aliphatic rings. The molecule has 0 aromatic heterocycles. The van der Waals surface area contributed by atoms with Gasteiger partial charge < -0.3 is 20.5 Å². The third-order valence-corrected chi connectivity index (χ3v) is 2.81. The van der Waals surface area contributed by atoms with Crippen molar-refractivity contribution in [3.63, 3.8) is 0 Å². The van der Waals surface area contributed by atoms with Crippen molar-refractivity contribution in [3.05, 3.63) is 12.7 Å². The summed E-state index contributed by atoms with van der Waals surface area (Å²) in [4.78, 5) is 34.1. The monoisotopic (exact) mass is 328 g/mol. The lowest BCUT2D eigenvalue weighted by atomic mass is 10.1. The lowest BCUT2D eigenvalue weighted by Gasteiger charge is -2.22. The van der Waals surface area contributed by atoms with Gasteiger partial charge in [-0.25, -0.2) is 9.59 Å². The van der Waals surface area contributed by atoms with Gasteiger partial charge in [-0.2, -0.15) is 0 Å². The standard InChI is InChI=1S/C16H28N2O5/c1-5-6-10-13(19)17-11-8-7-9-12(14(20)21)18-15(22)23-16(2,3)4/h5,12H,1,6-11H2,2-4H3,(H,17,19)(H,18,22)(H,20,21). The number of carbonyl (C=O) groups excluding carboxylic acids is 2. The van der Waals surface area contributed by atoms with Gasteiger partial charge in [0.15, 0.2) is 0 Å². The second-order valence-electron chi connectivity index (χ2n) is 6.21. The summed E-state index contributed by atoms with van der Waals surface area (Å²) in [5.41, 5.74) is -0.678. The molecule has 0 aliphatic carbocycles. The predicted octanol–water partition coefficient (Wildman–Crippen LogP) is 2.22. The SMILES string of the molecule is C=CCCC(=O)NCCCCC(NC(=O)OC(C)(C)C)C(=O)O. The van der Waals surface area contributed by atoms with Crippen molar-refractivity contribution in [2.24, 2.45) is 0 Å². The molecule has 0 radical (unpaired) electrons. The van der Waals surface area contributed by atoms with Crippen molar-refractivity contribution >= 4 is 18.0 Å². The molecule has 2 amide bonds. The third kappa shape index (κ3) is 12.2. The second kappa shape index (κ2) is 10.6. The van der Waals surface area contributed by atoms with Crippen LogP contribution in [0.2, 0.25) is 0 Å². The van der Waals surface area contributed by atoms with Crippen LogP contribution in [-0.2, 0) is 14.3 Å². The molecule has 132 valence electrons. The first-order valence-corrected chi connectivity index (χ1v) is 7.75. The molecule has 7 nitrogen and oxygen atoms in total. The van der Waals surface area contributed by atoms with Gasteiger partial charge in [-0.05, 0) is 46.5 Å². The maximum atomic E-state index is 11.6. The van der Waals surface area contributed by atoms with E-state index in [1.165, 1.54) is 0 Å². The van der Waals surface area contributed by atoms with Crippen LogP contribution in [0.1, 0.15) is 52.9 Å². The van der Waals surface area contributed by atoms with Gasteiger partial charge in [0.1, 0.15) is 11.6 Å². The van der Waals surface area contributed by atoms with Crippen molar-refractivity contribution in [3.8, 4) is 0 Å². The fourth-order valence-corrected chi connectivity index (χ4v) is 1.73. The van der Waals surface area contributed by atoms with E-state index in [9.17, 15) is 14.4 Å². The number of ether oxygens (including phenoxy) is 1. The molecule has 0 heterocycles. The summed E-state index contributed by atoms with van der Waals surface area (Å²) >= 11 is 0. The molecule has 0 aromatic rings. The normalized spacial score (nSPS) is 12.1. The van der Waals surface area contributed by atoms with E-state index >= 15 is 0 Å². The molecular weight excluding hydrogens is 300 g/mol. The number of aliphatic carboxylic acids is 1. The molecule has 3 N–H and O–H groups in total. The average Bonchev–Trinajstić information content (AvgIpc) is 2.41. The molecular formula is C16H28N2O5. The van der Waals surface area contributed by atoms with Crippen LogP contribution < -0.4 is 10.6 Å². The van der Waals surface area contributed by atoms with Gasteiger partial charge in [-0.15, -0.1) is 6.58 Å². The average molecular weight is 328 g/mol. The highest BCUT2D eigenvalue weighted by molar-refractivity contribution is 5.80. The molecule has 23 heavy (non-hydrogen) atoms. The molecule has 0 fully saturated rings. The van der Waals surface area contributed by atoms with Crippen LogP contribution in [-0.4, -0.2) is 41.3 Å². The topological polar surface area (TPSA) is 105 Å². The van der Waals surface area contributed by atoms with E-state index in [0.717, 1.165) is 0 Å². The molecule has 0 bridgehead atoms. The number of alkyl carbamates (subject to hydrolysis) is 1. The minimum Gasteiger partial charge on any atom is -0.480 e. The third-order valence-electron chi connectivity index (χ3n) is 2.81. The molecule has 0 saturated carbocycles. The van der Waals surface area contributed by atoms with Gasteiger partial charge in [-0.1, -0.05) is 6.08 Å². The zero-order valence-corrected chi connectivity index (χ0v) is 14.2. The molecule has 0 rings (SSSR count). The van der Waals surface area contributed by atoms with Crippen molar-refractivity contribution < 1.29 is 24.2 Å². The number of hydrogen-bond donors (Lipinski definition) is 3. The Morgan fingerprint density at radius 2 is 1.91 bits per heavy atom. The number of carboxylic acids is 1. The Bertz CT molecular complexity index is 415. The molecule has 0 saturated heterocycles. The Labute approximate surface area is 137 Å². The second-order valence-corrected chi connectivity index (χ2v) is 6.21. The van der Waals surface area contributed by atoms with Gasteiger partial charge >= 0.3 is 12.1 Å². The summed E-state index contributed by atoms with van der Waals surface area (Å²) in [6, 6.07) is -0.999. The van der Waals surface area contributed by atoms with Crippen LogP contribution in [0.3, 0.4) is 0 Å². The van der Waals surface area contributed by atoms with Gasteiger partial charge in [-0.3, -0.25) is 4.79 Å². The summed E-state index contributed by atoms with van der Waals surface area (Å²) < 4.78 is 5.04. The molecule has 1 atom stereocenters. The molecule has 0 spiro atoms. The van der Waals surface area contributed by atoms with Gasteiger partial charge in [0.25, 0.3) is 0 Å². The first kappa shape index (κ1) is 20.9. The number of unbranched alkanes of at least 4 members (excludes halogenated alkanes) is 1. The Kier molecular flexibility index (Phi) is 9.69. The van der Waals surface area contributed by atoms with E-state index in [4.69, 9.17) is 9.84 Å². The van der Waals surface area contributed by atoms with Crippen molar-refractivity contribution in [2.75, 3.05) is 6.54 Å². The number of amides is 2. The maximum absolute atomic E-state index is 11.6. The van der Waals surface area contributed by atoms with E-state index in [1.54, 1.807) is 26.8 Å². The molecule has 0 aliphatic heterocycles.